The highest BCUT2D eigenvalue weighted by molar-refractivity contribution is 5.91. The Hall–Kier alpha value is -2.37. The monoisotopic (exact) mass is 266 g/mol. The van der Waals surface area contributed by atoms with Gasteiger partial charge in [-0.3, -0.25) is 4.79 Å². The Labute approximate surface area is 109 Å². The molecule has 1 N–H and O–H groups in total. The van der Waals surface area contributed by atoms with Crippen molar-refractivity contribution in [3.05, 3.63) is 35.9 Å². The van der Waals surface area contributed by atoms with Gasteiger partial charge in [0.2, 0.25) is 6.10 Å². The molecule has 2 atom stereocenters. The molecule has 1 aromatic carbocycles. The van der Waals surface area contributed by atoms with Crippen LogP contribution in [0.3, 0.4) is 0 Å². The molecule has 0 heterocycles. The number of carbonyl (C=O) groups is 3. The standard InChI is InChI=1S/C13H14O6/c1-8(18-9(2)14)11(12(15)16)19-13(17)10-6-4-3-5-7-10/h3-8,11H,1-2H3,(H,15,16)/t8-,11+/m1/s1. The highest BCUT2D eigenvalue weighted by Gasteiger charge is 2.31. The summed E-state index contributed by atoms with van der Waals surface area (Å²) in [5.41, 5.74) is 0.226. The third-order valence-electron chi connectivity index (χ3n) is 2.27. The third kappa shape index (κ3) is 4.42. The fraction of sp³-hybridized carbons (Fsp3) is 0.308. The number of hydrogen-bond donors (Lipinski definition) is 1. The summed E-state index contributed by atoms with van der Waals surface area (Å²) in [5.74, 6) is -2.81. The molecule has 0 unspecified atom stereocenters. The van der Waals surface area contributed by atoms with Gasteiger partial charge in [0, 0.05) is 6.92 Å². The molecule has 1 aromatic rings. The Bertz CT molecular complexity index is 467. The number of hydrogen-bond acceptors (Lipinski definition) is 5. The molecule has 0 fully saturated rings. The molecule has 0 aliphatic rings. The summed E-state index contributed by atoms with van der Waals surface area (Å²) in [6.07, 6.45) is -2.61. The van der Waals surface area contributed by atoms with Crippen molar-refractivity contribution in [2.45, 2.75) is 26.1 Å². The van der Waals surface area contributed by atoms with E-state index in [9.17, 15) is 14.4 Å². The van der Waals surface area contributed by atoms with E-state index in [1.807, 2.05) is 0 Å². The van der Waals surface area contributed by atoms with Crippen LogP contribution >= 0.6 is 0 Å². The topological polar surface area (TPSA) is 89.9 Å². The molecule has 102 valence electrons. The highest BCUT2D eigenvalue weighted by atomic mass is 16.6. The average Bonchev–Trinajstić information content (AvgIpc) is 2.35. The van der Waals surface area contributed by atoms with Crippen molar-refractivity contribution in [2.24, 2.45) is 0 Å². The van der Waals surface area contributed by atoms with E-state index in [-0.39, 0.29) is 5.56 Å². The van der Waals surface area contributed by atoms with Crippen molar-refractivity contribution in [3.8, 4) is 0 Å². The van der Waals surface area contributed by atoms with Gasteiger partial charge in [0.15, 0.2) is 0 Å². The number of carbonyl (C=O) groups excluding carboxylic acids is 2. The summed E-state index contributed by atoms with van der Waals surface area (Å²) in [5, 5.41) is 8.98. The fourth-order valence-corrected chi connectivity index (χ4v) is 1.43. The minimum Gasteiger partial charge on any atom is -0.478 e. The SMILES string of the molecule is CC(=O)O[C@H](C)[C@H](OC(=O)c1ccccc1)C(=O)O. The van der Waals surface area contributed by atoms with Gasteiger partial charge in [-0.1, -0.05) is 18.2 Å². The van der Waals surface area contributed by atoms with E-state index in [1.165, 1.54) is 19.1 Å². The lowest BCUT2D eigenvalue weighted by Crippen LogP contribution is -2.39. The molecule has 0 aliphatic heterocycles. The lowest BCUT2D eigenvalue weighted by atomic mass is 10.2. The van der Waals surface area contributed by atoms with E-state index < -0.39 is 30.1 Å². The Kier molecular flexibility index (Phi) is 5.05. The van der Waals surface area contributed by atoms with Crippen LogP contribution in [0.2, 0.25) is 0 Å². The minimum absolute atomic E-state index is 0.226. The van der Waals surface area contributed by atoms with Crippen LogP contribution < -0.4 is 0 Å². The third-order valence-corrected chi connectivity index (χ3v) is 2.27. The quantitative estimate of drug-likeness (QED) is 0.806. The summed E-state index contributed by atoms with van der Waals surface area (Å²) in [7, 11) is 0. The second kappa shape index (κ2) is 6.53. The van der Waals surface area contributed by atoms with E-state index in [4.69, 9.17) is 14.6 Å². The number of aliphatic carboxylic acids is 1. The predicted octanol–water partition coefficient (Wildman–Crippen LogP) is 1.25. The lowest BCUT2D eigenvalue weighted by Gasteiger charge is -2.20. The van der Waals surface area contributed by atoms with Crippen LogP contribution in [0.15, 0.2) is 30.3 Å². The van der Waals surface area contributed by atoms with Gasteiger partial charge in [0.05, 0.1) is 5.56 Å². The van der Waals surface area contributed by atoms with Gasteiger partial charge in [0.25, 0.3) is 0 Å². The number of carboxylic acids is 1. The molecular weight excluding hydrogens is 252 g/mol. The summed E-state index contributed by atoms with van der Waals surface area (Å²) < 4.78 is 9.56. The zero-order chi connectivity index (χ0) is 14.4. The van der Waals surface area contributed by atoms with Crippen molar-refractivity contribution >= 4 is 17.9 Å². The Morgan fingerprint density at radius 3 is 2.16 bits per heavy atom. The number of benzene rings is 1. The Morgan fingerprint density at radius 1 is 1.11 bits per heavy atom. The van der Waals surface area contributed by atoms with Crippen LogP contribution in [0.25, 0.3) is 0 Å². The first-order chi connectivity index (χ1) is 8.91. The molecule has 6 nitrogen and oxygen atoms in total. The maximum absolute atomic E-state index is 11.7. The molecule has 0 amide bonds. The Balaban J connectivity index is 2.77. The predicted molar refractivity (Wildman–Crippen MR) is 64.5 cm³/mol. The number of carboxylic acid groups (broad SMARTS) is 1. The molecule has 0 saturated carbocycles. The molecule has 0 radical (unpaired) electrons. The summed E-state index contributed by atoms with van der Waals surface area (Å²) in [6, 6.07) is 7.96. The maximum atomic E-state index is 11.7. The largest absolute Gasteiger partial charge is 0.478 e. The van der Waals surface area contributed by atoms with E-state index >= 15 is 0 Å². The first kappa shape index (κ1) is 14.7. The first-order valence-electron chi connectivity index (χ1n) is 5.58. The van der Waals surface area contributed by atoms with Crippen LogP contribution in [0, 0.1) is 0 Å². The number of rotatable bonds is 5. The molecular formula is C13H14O6. The minimum atomic E-state index is -1.54. The van der Waals surface area contributed by atoms with Gasteiger partial charge in [-0.05, 0) is 19.1 Å². The molecule has 0 spiro atoms. The second-order valence-corrected chi connectivity index (χ2v) is 3.84. The molecule has 6 heteroatoms. The summed E-state index contributed by atoms with van der Waals surface area (Å²) in [6.45, 7) is 2.49. The number of esters is 2. The van der Waals surface area contributed by atoms with Crippen LogP contribution in [-0.4, -0.2) is 35.2 Å². The molecule has 1 rings (SSSR count). The van der Waals surface area contributed by atoms with Gasteiger partial charge >= 0.3 is 17.9 Å². The molecule has 0 saturated heterocycles. The van der Waals surface area contributed by atoms with E-state index in [0.29, 0.717) is 0 Å². The van der Waals surface area contributed by atoms with E-state index in [1.54, 1.807) is 18.2 Å². The molecule has 19 heavy (non-hydrogen) atoms. The van der Waals surface area contributed by atoms with E-state index in [2.05, 4.69) is 0 Å². The van der Waals surface area contributed by atoms with Crippen LogP contribution in [0.4, 0.5) is 0 Å². The van der Waals surface area contributed by atoms with Crippen molar-refractivity contribution in [1.29, 1.82) is 0 Å². The van der Waals surface area contributed by atoms with Crippen molar-refractivity contribution in [3.63, 3.8) is 0 Å². The smallest absolute Gasteiger partial charge is 0.348 e. The van der Waals surface area contributed by atoms with Gasteiger partial charge < -0.3 is 14.6 Å². The average molecular weight is 266 g/mol. The zero-order valence-electron chi connectivity index (χ0n) is 10.5. The van der Waals surface area contributed by atoms with Crippen molar-refractivity contribution in [1.82, 2.24) is 0 Å². The van der Waals surface area contributed by atoms with Gasteiger partial charge in [0.1, 0.15) is 6.10 Å². The summed E-state index contributed by atoms with van der Waals surface area (Å²) >= 11 is 0. The van der Waals surface area contributed by atoms with Gasteiger partial charge in [-0.25, -0.2) is 9.59 Å². The van der Waals surface area contributed by atoms with Crippen LogP contribution in [0.5, 0.6) is 0 Å². The first-order valence-corrected chi connectivity index (χ1v) is 5.58. The van der Waals surface area contributed by atoms with Gasteiger partial charge in [-0.2, -0.15) is 0 Å². The van der Waals surface area contributed by atoms with Gasteiger partial charge in [-0.15, -0.1) is 0 Å². The van der Waals surface area contributed by atoms with Crippen LogP contribution in [-0.2, 0) is 19.1 Å². The molecule has 0 bridgehead atoms. The molecule has 0 aromatic heterocycles. The van der Waals surface area contributed by atoms with Crippen LogP contribution in [0.1, 0.15) is 24.2 Å². The second-order valence-electron chi connectivity index (χ2n) is 3.84. The fourth-order valence-electron chi connectivity index (χ4n) is 1.43. The highest BCUT2D eigenvalue weighted by Crippen LogP contribution is 2.09. The number of ether oxygens (including phenoxy) is 2. The normalized spacial score (nSPS) is 13.2. The van der Waals surface area contributed by atoms with Crippen molar-refractivity contribution < 1.29 is 29.0 Å². The lowest BCUT2D eigenvalue weighted by molar-refractivity contribution is -0.163. The zero-order valence-corrected chi connectivity index (χ0v) is 10.5. The summed E-state index contributed by atoms with van der Waals surface area (Å²) in [4.78, 5) is 33.5. The maximum Gasteiger partial charge on any atom is 0.348 e. The Morgan fingerprint density at radius 2 is 1.68 bits per heavy atom. The molecule has 0 aliphatic carbocycles. The van der Waals surface area contributed by atoms with Crippen molar-refractivity contribution in [2.75, 3.05) is 0 Å². The van der Waals surface area contributed by atoms with E-state index in [0.717, 1.165) is 6.92 Å².